The van der Waals surface area contributed by atoms with Crippen molar-refractivity contribution in [1.82, 2.24) is 0 Å². The van der Waals surface area contributed by atoms with Crippen molar-refractivity contribution < 1.29 is 5.11 Å². The van der Waals surface area contributed by atoms with Crippen LogP contribution >= 0.6 is 0 Å². The second-order valence-corrected chi connectivity index (χ2v) is 6.99. The summed E-state index contributed by atoms with van der Waals surface area (Å²) in [5.74, 6) is 1.23. The Labute approximate surface area is 123 Å². The molecule has 0 aliphatic heterocycles. The lowest BCUT2D eigenvalue weighted by Gasteiger charge is -2.46. The Morgan fingerprint density at radius 1 is 0.950 bits per heavy atom. The molecule has 2 aliphatic carbocycles. The lowest BCUT2D eigenvalue weighted by molar-refractivity contribution is -0.0839. The lowest BCUT2D eigenvalue weighted by atomic mass is 9.63. The minimum absolute atomic E-state index is 0.484. The summed E-state index contributed by atoms with van der Waals surface area (Å²) in [5, 5.41) is 11.5. The van der Waals surface area contributed by atoms with Crippen LogP contribution < -0.4 is 0 Å². The van der Waals surface area contributed by atoms with Gasteiger partial charge >= 0.3 is 0 Å². The molecule has 0 spiro atoms. The molecule has 1 aromatic carbocycles. The molecule has 2 atom stereocenters. The van der Waals surface area contributed by atoms with E-state index in [1.807, 2.05) is 0 Å². The molecule has 110 valence electrons. The van der Waals surface area contributed by atoms with Gasteiger partial charge < -0.3 is 5.11 Å². The van der Waals surface area contributed by atoms with Crippen LogP contribution in [0.1, 0.15) is 68.9 Å². The number of aliphatic hydroxyl groups is 1. The van der Waals surface area contributed by atoms with E-state index in [1.165, 1.54) is 62.5 Å². The second-order valence-electron chi connectivity index (χ2n) is 6.99. The van der Waals surface area contributed by atoms with Crippen LogP contribution in [0.3, 0.4) is 0 Å². The topological polar surface area (TPSA) is 20.2 Å². The van der Waals surface area contributed by atoms with Gasteiger partial charge in [-0.15, -0.1) is 0 Å². The quantitative estimate of drug-likeness (QED) is 0.807. The first kappa shape index (κ1) is 14.1. The zero-order valence-electron chi connectivity index (χ0n) is 12.8. The minimum atomic E-state index is -0.564. The Hall–Kier alpha value is -0.820. The number of benzene rings is 1. The zero-order valence-corrected chi connectivity index (χ0v) is 12.8. The van der Waals surface area contributed by atoms with Gasteiger partial charge in [-0.2, -0.15) is 0 Å². The fourth-order valence-electron chi connectivity index (χ4n) is 4.74. The Morgan fingerprint density at radius 3 is 2.40 bits per heavy atom. The van der Waals surface area contributed by atoms with E-state index in [0.717, 1.165) is 12.3 Å². The third-order valence-corrected chi connectivity index (χ3v) is 5.77. The molecule has 0 aromatic heterocycles. The molecule has 1 N–H and O–H groups in total. The molecule has 20 heavy (non-hydrogen) atoms. The van der Waals surface area contributed by atoms with E-state index in [1.54, 1.807) is 0 Å². The molecule has 0 radical (unpaired) electrons. The summed E-state index contributed by atoms with van der Waals surface area (Å²) in [4.78, 5) is 0. The molecular formula is C19H28O. The molecule has 3 rings (SSSR count). The maximum absolute atomic E-state index is 11.5. The molecule has 1 heteroatoms. The third-order valence-electron chi connectivity index (χ3n) is 5.77. The van der Waals surface area contributed by atoms with Crippen molar-refractivity contribution in [3.05, 3.63) is 35.4 Å². The predicted molar refractivity (Wildman–Crippen MR) is 83.6 cm³/mol. The van der Waals surface area contributed by atoms with Gasteiger partial charge in [0.2, 0.25) is 0 Å². The monoisotopic (exact) mass is 272 g/mol. The van der Waals surface area contributed by atoms with Crippen molar-refractivity contribution in [1.29, 1.82) is 0 Å². The number of hydrogen-bond acceptors (Lipinski definition) is 1. The van der Waals surface area contributed by atoms with Crippen molar-refractivity contribution in [3.8, 4) is 0 Å². The fraction of sp³-hybridized carbons (Fsp3) is 0.684. The van der Waals surface area contributed by atoms with E-state index in [-0.39, 0.29) is 0 Å². The van der Waals surface area contributed by atoms with Crippen LogP contribution in [0.25, 0.3) is 0 Å². The van der Waals surface area contributed by atoms with Crippen LogP contribution in [0, 0.1) is 18.8 Å². The number of aryl methyl sites for hydroxylation is 1. The smallest absolute Gasteiger partial charge is 0.0929 e. The summed E-state index contributed by atoms with van der Waals surface area (Å²) >= 11 is 0. The number of hydrogen-bond donors (Lipinski definition) is 1. The van der Waals surface area contributed by atoms with E-state index in [4.69, 9.17) is 0 Å². The van der Waals surface area contributed by atoms with Gasteiger partial charge in [-0.05, 0) is 42.7 Å². The highest BCUT2D eigenvalue weighted by Crippen LogP contribution is 2.49. The molecule has 0 heterocycles. The second kappa shape index (κ2) is 5.89. The van der Waals surface area contributed by atoms with Crippen LogP contribution in [0.2, 0.25) is 0 Å². The molecule has 2 aliphatic rings. The Kier molecular flexibility index (Phi) is 4.16. The van der Waals surface area contributed by atoms with Crippen molar-refractivity contribution in [2.45, 2.75) is 70.3 Å². The summed E-state index contributed by atoms with van der Waals surface area (Å²) in [5.41, 5.74) is 1.90. The van der Waals surface area contributed by atoms with Crippen LogP contribution in [-0.2, 0) is 5.60 Å². The zero-order chi connectivity index (χ0) is 14.0. The molecule has 2 unspecified atom stereocenters. The molecule has 2 saturated carbocycles. The van der Waals surface area contributed by atoms with Crippen LogP contribution in [0.4, 0.5) is 0 Å². The van der Waals surface area contributed by atoms with Gasteiger partial charge in [0.25, 0.3) is 0 Å². The first-order chi connectivity index (χ1) is 9.72. The summed E-state index contributed by atoms with van der Waals surface area (Å²) in [6.45, 7) is 2.15. The van der Waals surface area contributed by atoms with Gasteiger partial charge in [-0.1, -0.05) is 69.2 Å². The standard InChI is InChI=1S/C19H28O/c1-15-9-5-6-12-17(15)19(20)14-8-7-13-18(19)16-10-3-2-4-11-16/h5-6,9,12,16,18,20H,2-4,7-8,10-11,13-14H2,1H3. The number of rotatable bonds is 2. The predicted octanol–water partition coefficient (Wildman–Crippen LogP) is 4.95. The highest BCUT2D eigenvalue weighted by Gasteiger charge is 2.44. The maximum atomic E-state index is 11.5. The van der Waals surface area contributed by atoms with Gasteiger partial charge in [0.1, 0.15) is 0 Å². The molecule has 0 bridgehead atoms. The van der Waals surface area contributed by atoms with Gasteiger partial charge in [0, 0.05) is 0 Å². The van der Waals surface area contributed by atoms with Crippen molar-refractivity contribution >= 4 is 0 Å². The van der Waals surface area contributed by atoms with Crippen LogP contribution in [0.15, 0.2) is 24.3 Å². The van der Waals surface area contributed by atoms with Crippen molar-refractivity contribution in [3.63, 3.8) is 0 Å². The van der Waals surface area contributed by atoms with Crippen LogP contribution in [0.5, 0.6) is 0 Å². The summed E-state index contributed by atoms with van der Waals surface area (Å²) < 4.78 is 0. The lowest BCUT2D eigenvalue weighted by Crippen LogP contribution is -2.43. The first-order valence-corrected chi connectivity index (χ1v) is 8.50. The van der Waals surface area contributed by atoms with Gasteiger partial charge in [-0.3, -0.25) is 0 Å². The van der Waals surface area contributed by atoms with Crippen molar-refractivity contribution in [2.75, 3.05) is 0 Å². The van der Waals surface area contributed by atoms with E-state index in [2.05, 4.69) is 31.2 Å². The average molecular weight is 272 g/mol. The molecule has 1 nitrogen and oxygen atoms in total. The third kappa shape index (κ3) is 2.53. The summed E-state index contributed by atoms with van der Waals surface area (Å²) in [7, 11) is 0. The average Bonchev–Trinajstić information content (AvgIpc) is 2.49. The fourth-order valence-corrected chi connectivity index (χ4v) is 4.74. The van der Waals surface area contributed by atoms with Gasteiger partial charge in [0.15, 0.2) is 0 Å². The molecule has 0 amide bonds. The Morgan fingerprint density at radius 2 is 1.65 bits per heavy atom. The maximum Gasteiger partial charge on any atom is 0.0929 e. The molecular weight excluding hydrogens is 244 g/mol. The van der Waals surface area contributed by atoms with E-state index in [0.29, 0.717) is 5.92 Å². The van der Waals surface area contributed by atoms with Gasteiger partial charge in [-0.25, -0.2) is 0 Å². The van der Waals surface area contributed by atoms with E-state index < -0.39 is 5.60 Å². The largest absolute Gasteiger partial charge is 0.385 e. The van der Waals surface area contributed by atoms with Crippen LogP contribution in [-0.4, -0.2) is 5.11 Å². The SMILES string of the molecule is Cc1ccccc1C1(O)CCCCC1C1CCCCC1. The molecule has 0 saturated heterocycles. The molecule has 2 fully saturated rings. The van der Waals surface area contributed by atoms with Crippen molar-refractivity contribution in [2.24, 2.45) is 11.8 Å². The summed E-state index contributed by atoms with van der Waals surface area (Å²) in [6, 6.07) is 8.49. The van der Waals surface area contributed by atoms with Gasteiger partial charge in [0.05, 0.1) is 5.60 Å². The first-order valence-electron chi connectivity index (χ1n) is 8.50. The highest BCUT2D eigenvalue weighted by atomic mass is 16.3. The normalized spacial score (nSPS) is 32.2. The Balaban J connectivity index is 1.92. The van der Waals surface area contributed by atoms with E-state index >= 15 is 0 Å². The highest BCUT2D eigenvalue weighted by molar-refractivity contribution is 5.32. The Bertz CT molecular complexity index is 447. The molecule has 1 aromatic rings. The minimum Gasteiger partial charge on any atom is -0.385 e. The van der Waals surface area contributed by atoms with E-state index in [9.17, 15) is 5.11 Å². The summed E-state index contributed by atoms with van der Waals surface area (Å²) in [6.07, 6.45) is 11.4.